The van der Waals surface area contributed by atoms with E-state index in [4.69, 9.17) is 0 Å². The van der Waals surface area contributed by atoms with Crippen LogP contribution in [0.2, 0.25) is 0 Å². The Morgan fingerprint density at radius 1 is 1.00 bits per heavy atom. The van der Waals surface area contributed by atoms with Crippen molar-refractivity contribution in [2.75, 3.05) is 0 Å². The average Bonchev–Trinajstić information content (AvgIpc) is 2.30. The van der Waals surface area contributed by atoms with Crippen LogP contribution >= 0.6 is 12.9 Å². The Balaban J connectivity index is 2.46. The molecule has 0 saturated heterocycles. The molecule has 0 unspecified atom stereocenters. The van der Waals surface area contributed by atoms with Gasteiger partial charge >= 0.3 is 18.2 Å². The van der Waals surface area contributed by atoms with Crippen LogP contribution in [0.4, 0.5) is 4.39 Å². The molecule has 0 bridgehead atoms. The largest absolute Gasteiger partial charge is 0.506 e. The van der Waals surface area contributed by atoms with Crippen LogP contribution in [0.15, 0.2) is 48.5 Å². The zero-order valence-corrected chi connectivity index (χ0v) is 11.1. The molecular formula is C12H8BrFMg. The van der Waals surface area contributed by atoms with Gasteiger partial charge in [-0.1, -0.05) is 42.5 Å². The van der Waals surface area contributed by atoms with E-state index in [0.29, 0.717) is 5.56 Å². The fraction of sp³-hybridized carbons (Fsp3) is 0. The van der Waals surface area contributed by atoms with Gasteiger partial charge in [0.05, 0.1) is 0 Å². The van der Waals surface area contributed by atoms with Crippen molar-refractivity contribution in [3.63, 3.8) is 0 Å². The average molecular weight is 275 g/mol. The van der Waals surface area contributed by atoms with Crippen molar-refractivity contribution < 1.29 is 4.39 Å². The van der Waals surface area contributed by atoms with E-state index in [0.717, 1.165) is 9.26 Å². The second kappa shape index (κ2) is 5.10. The van der Waals surface area contributed by atoms with E-state index in [1.165, 1.54) is 0 Å². The molecule has 0 heterocycles. The van der Waals surface area contributed by atoms with E-state index >= 15 is 0 Å². The fourth-order valence-corrected chi connectivity index (χ4v) is 3.00. The minimum absolute atomic E-state index is 0.134. The Morgan fingerprint density at radius 2 is 1.73 bits per heavy atom. The first-order valence-electron chi connectivity index (χ1n) is 4.71. The third-order valence-corrected chi connectivity index (χ3v) is 4.96. The summed E-state index contributed by atoms with van der Waals surface area (Å²) in [5.74, 6) is -0.134. The van der Waals surface area contributed by atoms with Crippen molar-refractivity contribution in [2.45, 2.75) is 0 Å². The van der Waals surface area contributed by atoms with Crippen LogP contribution in [-0.2, 0) is 0 Å². The molecule has 0 radical (unpaired) electrons. The molecule has 0 saturated carbocycles. The van der Waals surface area contributed by atoms with Crippen molar-refractivity contribution >= 4 is 34.8 Å². The van der Waals surface area contributed by atoms with Gasteiger partial charge in [-0.05, 0) is 11.6 Å². The molecule has 0 N–H and O–H groups in total. The van der Waals surface area contributed by atoms with Gasteiger partial charge in [-0.15, -0.1) is 3.69 Å². The van der Waals surface area contributed by atoms with Gasteiger partial charge < -0.3 is 0 Å². The summed E-state index contributed by atoms with van der Waals surface area (Å²) in [4.78, 5) is 0. The first kappa shape index (κ1) is 11.1. The third kappa shape index (κ3) is 2.59. The van der Waals surface area contributed by atoms with E-state index in [1.54, 1.807) is 6.07 Å². The monoisotopic (exact) mass is 274 g/mol. The molecule has 0 spiro atoms. The number of benzene rings is 2. The van der Waals surface area contributed by atoms with Crippen LogP contribution in [0.5, 0.6) is 0 Å². The lowest BCUT2D eigenvalue weighted by Gasteiger charge is -2.04. The first-order valence-corrected chi connectivity index (χ1v) is 9.31. The van der Waals surface area contributed by atoms with Crippen LogP contribution in [0, 0.1) is 5.82 Å². The molecule has 2 rings (SSSR count). The highest BCUT2D eigenvalue weighted by Crippen LogP contribution is 2.21. The molecule has 0 aromatic heterocycles. The topological polar surface area (TPSA) is 0 Å². The normalized spacial score (nSPS) is 9.73. The summed E-state index contributed by atoms with van der Waals surface area (Å²) in [7, 11) is 0. The summed E-state index contributed by atoms with van der Waals surface area (Å²) in [6.45, 7) is 0. The predicted octanol–water partition coefficient (Wildman–Crippen LogP) is 3.13. The number of halogens is 2. The SMILES string of the molecule is Fc1c[c]([Mg][Br])ccc1-c1ccccc1. The van der Waals surface area contributed by atoms with Gasteiger partial charge in [-0.3, -0.25) is 12.9 Å². The molecule has 0 aliphatic rings. The summed E-state index contributed by atoms with van der Waals surface area (Å²) in [6, 6.07) is 15.1. The van der Waals surface area contributed by atoms with Gasteiger partial charge in [0.25, 0.3) is 0 Å². The highest BCUT2D eigenvalue weighted by Gasteiger charge is 2.05. The lowest BCUT2D eigenvalue weighted by atomic mass is 10.1. The van der Waals surface area contributed by atoms with E-state index in [2.05, 4.69) is 12.9 Å². The lowest BCUT2D eigenvalue weighted by Crippen LogP contribution is -2.08. The molecule has 0 fully saturated rings. The van der Waals surface area contributed by atoms with Crippen LogP contribution in [0.3, 0.4) is 0 Å². The third-order valence-electron chi connectivity index (χ3n) is 2.27. The molecular weight excluding hydrogens is 267 g/mol. The van der Waals surface area contributed by atoms with E-state index in [9.17, 15) is 4.39 Å². The molecule has 15 heavy (non-hydrogen) atoms. The van der Waals surface area contributed by atoms with Gasteiger partial charge in [0.15, 0.2) is 0 Å². The Labute approximate surface area is 104 Å². The van der Waals surface area contributed by atoms with Gasteiger partial charge in [0.1, 0.15) is 5.82 Å². The van der Waals surface area contributed by atoms with Crippen molar-refractivity contribution in [1.82, 2.24) is 0 Å². The smallest absolute Gasteiger partial charge is 0.296 e. The summed E-state index contributed by atoms with van der Waals surface area (Å²) in [5, 5.41) is 0. The Hall–Kier alpha value is -0.384. The van der Waals surface area contributed by atoms with Crippen LogP contribution in [0.1, 0.15) is 0 Å². The second-order valence-electron chi connectivity index (χ2n) is 3.31. The molecule has 72 valence electrons. The second-order valence-corrected chi connectivity index (χ2v) is 6.08. The highest BCUT2D eigenvalue weighted by molar-refractivity contribution is 9.23. The van der Waals surface area contributed by atoms with E-state index < -0.39 is 18.2 Å². The van der Waals surface area contributed by atoms with Gasteiger partial charge in [-0.25, -0.2) is 4.39 Å². The quantitative estimate of drug-likeness (QED) is 0.739. The summed E-state index contributed by atoms with van der Waals surface area (Å²) < 4.78 is 14.8. The summed E-state index contributed by atoms with van der Waals surface area (Å²) >= 11 is 2.99. The molecule has 2 aromatic carbocycles. The Bertz CT molecular complexity index is 456. The maximum atomic E-state index is 13.7. The minimum atomic E-state index is -0.453. The maximum absolute atomic E-state index is 13.7. The Kier molecular flexibility index (Phi) is 3.78. The lowest BCUT2D eigenvalue weighted by molar-refractivity contribution is 0.632. The van der Waals surface area contributed by atoms with Gasteiger partial charge in [0.2, 0.25) is 0 Å². The number of hydrogen-bond acceptors (Lipinski definition) is 0. The predicted molar refractivity (Wildman–Crippen MR) is 66.2 cm³/mol. The zero-order chi connectivity index (χ0) is 10.7. The van der Waals surface area contributed by atoms with Gasteiger partial charge in [0, 0.05) is 5.56 Å². The van der Waals surface area contributed by atoms with Crippen LogP contribution in [-0.4, -0.2) is 18.2 Å². The molecule has 0 nitrogen and oxygen atoms in total. The maximum Gasteiger partial charge on any atom is 0.506 e. The minimum Gasteiger partial charge on any atom is -0.296 e. The first-order chi connectivity index (χ1) is 7.31. The fourth-order valence-electron chi connectivity index (χ4n) is 1.49. The Morgan fingerprint density at radius 3 is 2.33 bits per heavy atom. The number of rotatable bonds is 2. The molecule has 2 aromatic rings. The van der Waals surface area contributed by atoms with Crippen LogP contribution in [0.25, 0.3) is 11.1 Å². The standard InChI is InChI=1S/C12H8F.BrH.Mg/c13-12-9-5-4-8-11(12)10-6-2-1-3-7-10;;/h1-4,6-9H;1H;/q;;+1/p-1. The summed E-state index contributed by atoms with van der Waals surface area (Å²) in [6.07, 6.45) is 0. The molecule has 0 aliphatic heterocycles. The molecule has 0 aliphatic carbocycles. The molecule has 0 atom stereocenters. The summed E-state index contributed by atoms with van der Waals surface area (Å²) in [5.41, 5.74) is 1.60. The van der Waals surface area contributed by atoms with Crippen molar-refractivity contribution in [1.29, 1.82) is 0 Å². The number of hydrogen-bond donors (Lipinski definition) is 0. The van der Waals surface area contributed by atoms with Crippen molar-refractivity contribution in [3.05, 3.63) is 54.3 Å². The molecule has 0 amide bonds. The van der Waals surface area contributed by atoms with E-state index in [1.807, 2.05) is 42.5 Å². The van der Waals surface area contributed by atoms with Crippen molar-refractivity contribution in [2.24, 2.45) is 0 Å². The van der Waals surface area contributed by atoms with Crippen LogP contribution < -0.4 is 3.69 Å². The highest BCUT2D eigenvalue weighted by atomic mass is 79.9. The van der Waals surface area contributed by atoms with E-state index in [-0.39, 0.29) is 5.82 Å². The van der Waals surface area contributed by atoms with Crippen molar-refractivity contribution in [3.8, 4) is 11.1 Å². The molecule has 3 heteroatoms. The zero-order valence-electron chi connectivity index (χ0n) is 8.08. The van der Waals surface area contributed by atoms with Gasteiger partial charge in [-0.2, -0.15) is 0 Å².